The fraction of sp³-hybridized carbons (Fsp3) is 0.296. The van der Waals surface area contributed by atoms with Crippen LogP contribution in [0, 0.1) is 17.3 Å². The van der Waals surface area contributed by atoms with E-state index >= 15 is 0 Å². The van der Waals surface area contributed by atoms with Crippen molar-refractivity contribution in [1.82, 2.24) is 20.1 Å². The molecule has 358 valence electrons. The molecule has 16 nitrogen and oxygen atoms in total. The second-order valence-electron chi connectivity index (χ2n) is 16.8. The van der Waals surface area contributed by atoms with Crippen LogP contribution in [0.1, 0.15) is 75.9 Å². The lowest BCUT2D eigenvalue weighted by Gasteiger charge is -2.27. The first-order valence-corrected chi connectivity index (χ1v) is 23.5. The highest BCUT2D eigenvalue weighted by atomic mass is 16.5. The number of benzene rings is 4. The van der Waals surface area contributed by atoms with E-state index in [1.54, 1.807) is 24.5 Å². The van der Waals surface area contributed by atoms with Crippen LogP contribution in [0.3, 0.4) is 0 Å². The molecule has 0 spiro atoms. The third-order valence-electron chi connectivity index (χ3n) is 12.0. The van der Waals surface area contributed by atoms with E-state index in [0.717, 1.165) is 56.8 Å². The van der Waals surface area contributed by atoms with Crippen molar-refractivity contribution >= 4 is 59.9 Å². The molecule has 0 bridgehead atoms. The monoisotopic (exact) mass is 943 g/mol. The Kier molecular flexibility index (Phi) is 16.3. The van der Waals surface area contributed by atoms with Crippen LogP contribution >= 0.6 is 0 Å². The number of imide groups is 2. The highest BCUT2D eigenvalue weighted by Crippen LogP contribution is 2.44. The Bertz CT molecular complexity index is 2880. The Morgan fingerprint density at radius 1 is 0.800 bits per heavy atom. The second kappa shape index (κ2) is 23.4. The first-order chi connectivity index (χ1) is 34.2. The van der Waals surface area contributed by atoms with Crippen molar-refractivity contribution in [3.63, 3.8) is 0 Å². The van der Waals surface area contributed by atoms with Crippen LogP contribution in [0.25, 0.3) is 22.4 Å². The molecule has 16 heteroatoms. The third-order valence-corrected chi connectivity index (χ3v) is 12.0. The molecule has 70 heavy (non-hydrogen) atoms. The molecule has 4 aromatic carbocycles. The number of aromatic nitrogens is 1. The van der Waals surface area contributed by atoms with Gasteiger partial charge >= 0.3 is 0 Å². The summed E-state index contributed by atoms with van der Waals surface area (Å²) in [5, 5.41) is 17.3. The van der Waals surface area contributed by atoms with Crippen LogP contribution < -0.4 is 16.0 Å². The highest BCUT2D eigenvalue weighted by Gasteiger charge is 2.45. The van der Waals surface area contributed by atoms with E-state index in [1.807, 2.05) is 48.5 Å². The van der Waals surface area contributed by atoms with Crippen LogP contribution in [0.4, 0.5) is 11.5 Å². The molecule has 4 N–H and O–H groups in total. The maximum atomic E-state index is 13.2. The summed E-state index contributed by atoms with van der Waals surface area (Å²) in [6.45, 7) is 7.43. The largest absolute Gasteiger partial charge is 0.382 e. The number of piperidine rings is 1. The predicted molar refractivity (Wildman–Crippen MR) is 266 cm³/mol. The van der Waals surface area contributed by atoms with Gasteiger partial charge in [0, 0.05) is 55.9 Å². The number of anilines is 1. The number of amides is 5. The fourth-order valence-corrected chi connectivity index (χ4v) is 8.60. The van der Waals surface area contributed by atoms with E-state index in [9.17, 15) is 24.0 Å². The van der Waals surface area contributed by atoms with Gasteiger partial charge in [0.25, 0.3) is 17.6 Å². The molecular formula is C54H55N8O8+. The number of ether oxygens (including phenoxy) is 3. The zero-order chi connectivity index (χ0) is 48.8. The molecule has 0 aliphatic carbocycles. The van der Waals surface area contributed by atoms with E-state index in [4.69, 9.17) is 24.6 Å². The lowest BCUT2D eigenvalue weighted by atomic mass is 9.96. The van der Waals surface area contributed by atoms with Crippen LogP contribution in [-0.4, -0.2) is 121 Å². The molecule has 1 aromatic heterocycles. The summed E-state index contributed by atoms with van der Waals surface area (Å²) in [6.07, 6.45) is 4.34. The molecule has 1 atom stereocenters. The van der Waals surface area contributed by atoms with Crippen molar-refractivity contribution < 1.29 is 42.8 Å². The Morgan fingerprint density at radius 3 is 2.27 bits per heavy atom. The Balaban J connectivity index is 0.690. The topological polar surface area (TPSA) is 197 Å². The number of amidine groups is 1. The smallest absolute Gasteiger partial charge is 0.271 e. The van der Waals surface area contributed by atoms with Crippen LogP contribution in [0.5, 0.6) is 0 Å². The number of nitrogens with zero attached hydrogens (tertiary/aromatic N) is 4. The highest BCUT2D eigenvalue weighted by molar-refractivity contribution is 6.25. The maximum absolute atomic E-state index is 13.2. The van der Waals surface area contributed by atoms with Crippen molar-refractivity contribution in [2.24, 2.45) is 4.99 Å². The molecule has 0 radical (unpaired) electrons. The Hall–Kier alpha value is -7.84. The Morgan fingerprint density at radius 2 is 1.51 bits per heavy atom. The molecule has 0 saturated carbocycles. The minimum atomic E-state index is -1.03. The molecule has 1 fully saturated rings. The van der Waals surface area contributed by atoms with Crippen molar-refractivity contribution in [1.29, 1.82) is 5.41 Å². The number of carbonyl (C=O) groups is 5. The summed E-state index contributed by atoms with van der Waals surface area (Å²) in [6, 6.07) is 32.4. The average molecular weight is 944 g/mol. The summed E-state index contributed by atoms with van der Waals surface area (Å²) < 4.78 is 20.5. The lowest BCUT2D eigenvalue weighted by Crippen LogP contribution is -2.54. The van der Waals surface area contributed by atoms with Crippen molar-refractivity contribution in [2.75, 3.05) is 58.0 Å². The quantitative estimate of drug-likeness (QED) is 0.0272. The first-order valence-electron chi connectivity index (χ1n) is 23.5. The molecule has 3 aliphatic rings. The summed E-state index contributed by atoms with van der Waals surface area (Å²) in [4.78, 5) is 68.3. The van der Waals surface area contributed by atoms with Crippen molar-refractivity contribution in [3.05, 3.63) is 131 Å². The van der Waals surface area contributed by atoms with Gasteiger partial charge in [0.2, 0.25) is 29.9 Å². The molecule has 8 rings (SSSR count). The van der Waals surface area contributed by atoms with Gasteiger partial charge in [0.15, 0.2) is 0 Å². The van der Waals surface area contributed by atoms with Gasteiger partial charge in [-0.3, -0.25) is 34.2 Å². The molecule has 3 aliphatic heterocycles. The van der Waals surface area contributed by atoms with Crippen LogP contribution in [-0.2, 0) is 35.1 Å². The maximum Gasteiger partial charge on any atom is 0.271 e. The van der Waals surface area contributed by atoms with Gasteiger partial charge in [-0.2, -0.15) is 5.41 Å². The molecule has 5 aromatic rings. The van der Waals surface area contributed by atoms with E-state index in [-0.39, 0.29) is 48.7 Å². The van der Waals surface area contributed by atoms with Gasteiger partial charge in [-0.05, 0) is 60.2 Å². The normalized spacial score (nSPS) is 15.1. The molecule has 1 unspecified atom stereocenters. The van der Waals surface area contributed by atoms with Gasteiger partial charge in [0.1, 0.15) is 11.6 Å². The zero-order valence-electron chi connectivity index (χ0n) is 38.8. The predicted octanol–water partition coefficient (Wildman–Crippen LogP) is 6.17. The summed E-state index contributed by atoms with van der Waals surface area (Å²) in [7, 11) is 0. The lowest BCUT2D eigenvalue weighted by molar-refractivity contribution is -0.246. The number of hydrogen-bond acceptors (Lipinski definition) is 11. The third kappa shape index (κ3) is 11.5. The number of carbonyl (C=O) groups excluding carboxylic acids is 5. The number of hydrogen-bond donors (Lipinski definition) is 4. The van der Waals surface area contributed by atoms with Gasteiger partial charge in [-0.15, -0.1) is 0 Å². The SMILES string of the molecule is C=[N+]1C=Nc2c(c(-c3ccccc3)c(-c3ccccc3)n2Cc2cccc(C#CCCCCNC(=O)CCOCCOCCOCCNc3cccc4c3C(=O)N(C3CCC(=O)NC3=O)C4=O)c2)C1=N. The first kappa shape index (κ1) is 48.6. The second-order valence-corrected chi connectivity index (χ2v) is 16.8. The van der Waals surface area contributed by atoms with Gasteiger partial charge < -0.3 is 29.4 Å². The average Bonchev–Trinajstić information content (AvgIpc) is 3.83. The number of fused-ring (bicyclic) bond motifs is 2. The van der Waals surface area contributed by atoms with Gasteiger partial charge in [0.05, 0.1) is 63.0 Å². The molecule has 5 amide bonds. The molecule has 1 saturated heterocycles. The summed E-state index contributed by atoms with van der Waals surface area (Å²) >= 11 is 0. The number of rotatable bonds is 22. The standard InChI is InChI=1S/C54H54N8O8/c1-60-36-58-51-48(50(60)55)46(39-17-7-4-8-18-39)49(40-19-9-5-10-20-40)61(51)35-38-16-12-15-37(34-38)14-6-2-3-11-26-57-44(63)25-28-68-30-32-70-33-31-69-29-27-56-42-22-13-21-41-47(42)54(67)62(53(41)66)43-23-24-45(64)59-52(43)65/h4-5,7-10,12-13,15-22,34,36,43,55H,1-3,11,23-33,35H2,(H2-,56,57,59,63,64,65,67)/p+1. The van der Waals surface area contributed by atoms with E-state index in [1.165, 1.54) is 4.58 Å². The van der Waals surface area contributed by atoms with E-state index in [0.29, 0.717) is 70.6 Å². The fourth-order valence-electron chi connectivity index (χ4n) is 8.60. The number of nitrogens with one attached hydrogen (secondary N) is 4. The van der Waals surface area contributed by atoms with Crippen LogP contribution in [0.2, 0.25) is 0 Å². The van der Waals surface area contributed by atoms with Gasteiger partial charge in [-0.1, -0.05) is 95.7 Å². The molecule has 4 heterocycles. The van der Waals surface area contributed by atoms with Crippen LogP contribution in [0.15, 0.2) is 108 Å². The van der Waals surface area contributed by atoms with Crippen molar-refractivity contribution in [2.45, 2.75) is 51.1 Å². The Labute approximate surface area is 406 Å². The van der Waals surface area contributed by atoms with Gasteiger partial charge in [-0.25, -0.2) is 4.58 Å². The minimum Gasteiger partial charge on any atom is -0.382 e. The molecular weight excluding hydrogens is 889 g/mol. The zero-order valence-corrected chi connectivity index (χ0v) is 38.8. The summed E-state index contributed by atoms with van der Waals surface area (Å²) in [5.41, 5.74) is 7.55. The number of unbranched alkanes of at least 4 members (excludes halogenated alkanes) is 2. The van der Waals surface area contributed by atoms with E-state index in [2.05, 4.69) is 75.5 Å². The minimum absolute atomic E-state index is 0.0544. The number of aliphatic imine (C=N–C) groups is 1. The van der Waals surface area contributed by atoms with E-state index < -0.39 is 29.7 Å². The van der Waals surface area contributed by atoms with Crippen molar-refractivity contribution in [3.8, 4) is 34.2 Å². The summed E-state index contributed by atoms with van der Waals surface area (Å²) in [5.74, 6) is 5.33.